The van der Waals surface area contributed by atoms with E-state index in [1.165, 1.54) is 0 Å². The molecule has 0 aromatic carbocycles. The van der Waals surface area contributed by atoms with Crippen molar-refractivity contribution in [3.8, 4) is 0 Å². The van der Waals surface area contributed by atoms with Crippen LogP contribution >= 0.6 is 0 Å². The summed E-state index contributed by atoms with van der Waals surface area (Å²) >= 11 is 0. The third-order valence-electron chi connectivity index (χ3n) is 2.95. The smallest absolute Gasteiger partial charge is 0.380 e. The van der Waals surface area contributed by atoms with Crippen LogP contribution in [-0.4, -0.2) is 57.0 Å². The van der Waals surface area contributed by atoms with Gasteiger partial charge in [-0.05, 0) is 20.0 Å². The molecule has 0 aliphatic carbocycles. The molecule has 124 valence electrons. The van der Waals surface area contributed by atoms with E-state index in [9.17, 15) is 13.2 Å². The van der Waals surface area contributed by atoms with Crippen molar-refractivity contribution in [2.24, 2.45) is 5.92 Å². The van der Waals surface area contributed by atoms with E-state index in [1.807, 2.05) is 27.7 Å². The number of methoxy groups -OCH3 is 1. The van der Waals surface area contributed by atoms with Crippen LogP contribution in [0.2, 0.25) is 0 Å². The van der Waals surface area contributed by atoms with Gasteiger partial charge in [0.1, 0.15) is 0 Å². The molecule has 1 atom stereocenters. The summed E-state index contributed by atoms with van der Waals surface area (Å²) < 4.78 is 40.3. The maximum Gasteiger partial charge on any atom is 0.394 e. The van der Waals surface area contributed by atoms with Crippen molar-refractivity contribution in [2.45, 2.75) is 46.9 Å². The quantitative estimate of drug-likeness (QED) is 0.844. The number of likely N-dealkylation sites (N-methyl/N-ethyl adjacent to an activating group) is 1. The Bertz CT molecular complexity index is 207. The fourth-order valence-corrected chi connectivity index (χ4v) is 1.47. The van der Waals surface area contributed by atoms with Gasteiger partial charge in [-0.3, -0.25) is 0 Å². The first kappa shape index (κ1) is 22.0. The molecule has 0 unspecified atom stereocenters. The zero-order chi connectivity index (χ0) is 16.2. The van der Waals surface area contributed by atoms with Gasteiger partial charge in [0.05, 0.1) is 12.0 Å². The average molecular weight is 300 g/mol. The third kappa shape index (κ3) is 10.5. The van der Waals surface area contributed by atoms with E-state index in [0.29, 0.717) is 6.10 Å². The molecule has 1 aliphatic heterocycles. The number of nitrogens with zero attached hydrogens (tertiary/aromatic N) is 1. The number of halogens is 3. The molecule has 1 heterocycles. The summed E-state index contributed by atoms with van der Waals surface area (Å²) in [6.45, 7) is 13.1. The Balaban J connectivity index is 0. The highest BCUT2D eigenvalue weighted by Gasteiger charge is 2.46. The fraction of sp³-hybridized carbons (Fsp3) is 1.00. The van der Waals surface area contributed by atoms with Crippen LogP contribution in [-0.2, 0) is 4.74 Å². The zero-order valence-electron chi connectivity index (χ0n) is 13.7. The number of hydrogen-bond donors (Lipinski definition) is 1. The molecular formula is C14H31F3N2O. The summed E-state index contributed by atoms with van der Waals surface area (Å²) in [6.07, 6.45) is -3.62. The molecule has 0 aromatic heterocycles. The summed E-state index contributed by atoms with van der Waals surface area (Å²) in [5.74, 6) is -1.06. The third-order valence-corrected chi connectivity index (χ3v) is 2.95. The van der Waals surface area contributed by atoms with E-state index in [0.717, 1.165) is 19.6 Å². The highest BCUT2D eigenvalue weighted by molar-refractivity contribution is 4.83. The first-order chi connectivity index (χ1) is 9.35. The molecule has 0 spiro atoms. The predicted octanol–water partition coefficient (Wildman–Crippen LogP) is 3.16. The molecular weight excluding hydrogens is 269 g/mol. The monoisotopic (exact) mass is 300 g/mol. The Morgan fingerprint density at radius 2 is 1.75 bits per heavy atom. The van der Waals surface area contributed by atoms with Crippen molar-refractivity contribution in [2.75, 3.05) is 39.8 Å². The topological polar surface area (TPSA) is 24.5 Å². The molecule has 0 saturated carbocycles. The number of nitrogens with one attached hydrogen (secondary N) is 1. The first-order valence-electron chi connectivity index (χ1n) is 7.37. The summed E-state index contributed by atoms with van der Waals surface area (Å²) in [6, 6.07) is 0. The lowest BCUT2D eigenvalue weighted by Crippen LogP contribution is -2.52. The molecule has 1 N–H and O–H groups in total. The van der Waals surface area contributed by atoms with Gasteiger partial charge >= 0.3 is 6.18 Å². The van der Waals surface area contributed by atoms with Gasteiger partial charge in [0, 0.05) is 26.7 Å². The predicted molar refractivity (Wildman–Crippen MR) is 78.0 cm³/mol. The van der Waals surface area contributed by atoms with E-state index in [-0.39, 0.29) is 13.1 Å². The molecule has 20 heavy (non-hydrogen) atoms. The second-order valence-corrected chi connectivity index (χ2v) is 4.44. The summed E-state index contributed by atoms with van der Waals surface area (Å²) in [5, 5.41) is 3.17. The van der Waals surface area contributed by atoms with Crippen molar-refractivity contribution < 1.29 is 17.9 Å². The van der Waals surface area contributed by atoms with Crippen LogP contribution in [0.1, 0.15) is 34.6 Å². The minimum Gasteiger partial charge on any atom is -0.380 e. The van der Waals surface area contributed by atoms with Crippen molar-refractivity contribution in [1.82, 2.24) is 10.2 Å². The van der Waals surface area contributed by atoms with Gasteiger partial charge in [-0.1, -0.05) is 27.7 Å². The van der Waals surface area contributed by atoms with E-state index < -0.39 is 12.1 Å². The highest BCUT2D eigenvalue weighted by atomic mass is 19.4. The number of rotatable bonds is 5. The Morgan fingerprint density at radius 1 is 1.25 bits per heavy atom. The molecule has 0 bridgehead atoms. The van der Waals surface area contributed by atoms with Crippen molar-refractivity contribution >= 4 is 0 Å². The van der Waals surface area contributed by atoms with Gasteiger partial charge in [-0.25, -0.2) is 0 Å². The summed E-state index contributed by atoms with van der Waals surface area (Å²) in [7, 11) is 1.72. The zero-order valence-corrected chi connectivity index (χ0v) is 13.7. The SMILES string of the molecule is CC.CCN1CC(C(F)(F)F)C1.CCNC[C@@H](C)OC. The Kier molecular flexibility index (Phi) is 13.6. The Morgan fingerprint density at radius 3 is 2.05 bits per heavy atom. The molecule has 1 rings (SSSR count). The average Bonchev–Trinajstić information content (AvgIpc) is 2.36. The van der Waals surface area contributed by atoms with Crippen LogP contribution in [0.5, 0.6) is 0 Å². The summed E-state index contributed by atoms with van der Waals surface area (Å²) in [5.41, 5.74) is 0. The van der Waals surface area contributed by atoms with Gasteiger partial charge < -0.3 is 15.0 Å². The van der Waals surface area contributed by atoms with Crippen LogP contribution in [0, 0.1) is 5.92 Å². The first-order valence-corrected chi connectivity index (χ1v) is 7.37. The van der Waals surface area contributed by atoms with Crippen LogP contribution in [0.15, 0.2) is 0 Å². The van der Waals surface area contributed by atoms with Crippen LogP contribution < -0.4 is 5.32 Å². The van der Waals surface area contributed by atoms with Gasteiger partial charge in [0.2, 0.25) is 0 Å². The van der Waals surface area contributed by atoms with Crippen molar-refractivity contribution in [3.63, 3.8) is 0 Å². The normalized spacial score (nSPS) is 17.2. The number of alkyl halides is 3. The number of likely N-dealkylation sites (tertiary alicyclic amines) is 1. The second kappa shape index (κ2) is 12.4. The summed E-state index contributed by atoms with van der Waals surface area (Å²) in [4.78, 5) is 1.78. The Hall–Kier alpha value is -0.330. The minimum atomic E-state index is -3.97. The molecule has 0 aromatic rings. The molecule has 1 fully saturated rings. The van der Waals surface area contributed by atoms with Crippen molar-refractivity contribution in [1.29, 1.82) is 0 Å². The van der Waals surface area contributed by atoms with Gasteiger partial charge in [-0.15, -0.1) is 0 Å². The van der Waals surface area contributed by atoms with Gasteiger partial charge in [-0.2, -0.15) is 13.2 Å². The van der Waals surface area contributed by atoms with Gasteiger partial charge in [0.15, 0.2) is 0 Å². The van der Waals surface area contributed by atoms with E-state index in [1.54, 1.807) is 12.0 Å². The van der Waals surface area contributed by atoms with Gasteiger partial charge in [0.25, 0.3) is 0 Å². The molecule has 3 nitrogen and oxygen atoms in total. The second-order valence-electron chi connectivity index (χ2n) is 4.44. The standard InChI is InChI=1S/C6H10F3N.C6H15NO.C2H6/c1-2-10-3-5(4-10)6(7,8)9;1-4-7-5-6(2)8-3;1-2/h5H,2-4H2,1H3;6-7H,4-5H2,1-3H3;1-2H3/t;6-;/m.1./s1. The molecule has 6 heteroatoms. The lowest BCUT2D eigenvalue weighted by atomic mass is 10.0. The molecule has 1 saturated heterocycles. The fourth-order valence-electron chi connectivity index (χ4n) is 1.47. The number of hydrogen-bond acceptors (Lipinski definition) is 3. The van der Waals surface area contributed by atoms with E-state index in [2.05, 4.69) is 12.2 Å². The van der Waals surface area contributed by atoms with E-state index in [4.69, 9.17) is 4.74 Å². The number of ether oxygens (including phenoxy) is 1. The largest absolute Gasteiger partial charge is 0.394 e. The lowest BCUT2D eigenvalue weighted by molar-refractivity contribution is -0.208. The molecule has 1 aliphatic rings. The van der Waals surface area contributed by atoms with E-state index >= 15 is 0 Å². The highest BCUT2D eigenvalue weighted by Crippen LogP contribution is 2.32. The van der Waals surface area contributed by atoms with Crippen LogP contribution in [0.4, 0.5) is 13.2 Å². The molecule has 0 radical (unpaired) electrons. The Labute approximate surface area is 121 Å². The van der Waals surface area contributed by atoms with Crippen LogP contribution in [0.3, 0.4) is 0 Å². The molecule has 0 amide bonds. The maximum absolute atomic E-state index is 11.8. The minimum absolute atomic E-state index is 0.194. The lowest BCUT2D eigenvalue weighted by Gasteiger charge is -2.39. The maximum atomic E-state index is 11.8. The van der Waals surface area contributed by atoms with Crippen LogP contribution in [0.25, 0.3) is 0 Å². The van der Waals surface area contributed by atoms with Crippen molar-refractivity contribution in [3.05, 3.63) is 0 Å².